The Hall–Kier alpha value is -3.31. The van der Waals surface area contributed by atoms with Gasteiger partial charge in [0.1, 0.15) is 17.2 Å². The lowest BCUT2D eigenvalue weighted by atomic mass is 9.81. The van der Waals surface area contributed by atoms with Gasteiger partial charge in [-0.2, -0.15) is 0 Å². The number of nitrogens with one attached hydrogen (secondary N) is 1. The van der Waals surface area contributed by atoms with Crippen LogP contribution >= 0.6 is 0 Å². The molecule has 180 valence electrons. The van der Waals surface area contributed by atoms with Crippen LogP contribution in [-0.2, 0) is 6.42 Å². The number of amides is 1. The summed E-state index contributed by atoms with van der Waals surface area (Å²) >= 11 is 0. The summed E-state index contributed by atoms with van der Waals surface area (Å²) in [5.74, 6) is 3.06. The minimum Gasteiger partial charge on any atom is -0.493 e. The van der Waals surface area contributed by atoms with Crippen molar-refractivity contribution < 1.29 is 18.8 Å². The van der Waals surface area contributed by atoms with Crippen LogP contribution in [0.2, 0.25) is 0 Å². The first-order valence-corrected chi connectivity index (χ1v) is 12.9. The van der Waals surface area contributed by atoms with Gasteiger partial charge >= 0.3 is 0 Å². The number of hydrogen-bond acceptors (Lipinski definition) is 3. The molecule has 3 aromatic carbocycles. The molecule has 0 radical (unpaired) electrons. The Morgan fingerprint density at radius 2 is 1.71 bits per heavy atom. The quantitative estimate of drug-likeness (QED) is 0.299. The predicted molar refractivity (Wildman–Crippen MR) is 136 cm³/mol. The molecule has 4 aliphatic rings. The van der Waals surface area contributed by atoms with E-state index in [4.69, 9.17) is 9.47 Å². The van der Waals surface area contributed by atoms with E-state index in [1.54, 1.807) is 0 Å². The van der Waals surface area contributed by atoms with Crippen molar-refractivity contribution in [2.45, 2.75) is 31.7 Å². The Morgan fingerprint density at radius 3 is 2.57 bits per heavy atom. The number of rotatable bonds is 7. The van der Waals surface area contributed by atoms with Crippen molar-refractivity contribution in [1.29, 1.82) is 0 Å². The van der Waals surface area contributed by atoms with Crippen LogP contribution in [0, 0.1) is 5.92 Å². The molecule has 0 unspecified atom stereocenters. The number of fused-ring (bicyclic) bond motifs is 5. The summed E-state index contributed by atoms with van der Waals surface area (Å²) in [6.45, 7) is 5.28. The van der Waals surface area contributed by atoms with Crippen molar-refractivity contribution in [2.75, 3.05) is 32.8 Å². The van der Waals surface area contributed by atoms with Gasteiger partial charge in [0.05, 0.1) is 44.4 Å². The number of carbonyl (C=O) groups is 1. The highest BCUT2D eigenvalue weighted by atomic mass is 16.5. The lowest BCUT2D eigenvalue weighted by Crippen LogP contribution is -2.67. The van der Waals surface area contributed by atoms with Crippen molar-refractivity contribution in [3.8, 4) is 17.2 Å². The van der Waals surface area contributed by atoms with Gasteiger partial charge in [-0.1, -0.05) is 48.5 Å². The Bertz CT molecular complexity index is 1200. The number of ether oxygens (including phenoxy) is 2. The van der Waals surface area contributed by atoms with Crippen LogP contribution in [0.25, 0.3) is 0 Å². The predicted octanol–water partition coefficient (Wildman–Crippen LogP) is 5.19. The van der Waals surface area contributed by atoms with Crippen LogP contribution in [0.1, 0.15) is 40.7 Å². The lowest BCUT2D eigenvalue weighted by molar-refractivity contribution is -0.944. The summed E-state index contributed by atoms with van der Waals surface area (Å²) in [5.41, 5.74) is 2.89. The standard InChI is InChI=1S/C30H32N2O3/c33-30(26-12-6-9-24-20-23-8-4-5-13-28(23)35-29(24)26)31-27-21-32(17-14-22(27)15-18-32)16-7-19-34-25-10-2-1-3-11-25/h1-6,8-13,22,27H,7,14-21H2/p+1/t22?,27-,32?/m0/s1. The van der Waals surface area contributed by atoms with Crippen LogP contribution in [0.15, 0.2) is 72.8 Å². The number of quaternary nitrogens is 1. The smallest absolute Gasteiger partial charge is 0.255 e. The molecule has 5 heteroatoms. The summed E-state index contributed by atoms with van der Waals surface area (Å²) < 4.78 is 13.3. The van der Waals surface area contributed by atoms with Gasteiger partial charge in [0.2, 0.25) is 0 Å². The molecule has 4 aliphatic heterocycles. The largest absolute Gasteiger partial charge is 0.493 e. The summed E-state index contributed by atoms with van der Waals surface area (Å²) in [4.78, 5) is 13.5. The Morgan fingerprint density at radius 1 is 0.943 bits per heavy atom. The van der Waals surface area contributed by atoms with Crippen molar-refractivity contribution >= 4 is 5.91 Å². The molecule has 1 atom stereocenters. The van der Waals surface area contributed by atoms with Gasteiger partial charge in [-0.05, 0) is 35.7 Å². The molecule has 0 aromatic heterocycles. The number of carbonyl (C=O) groups excluding carboxylic acids is 1. The van der Waals surface area contributed by atoms with Gasteiger partial charge in [-0.3, -0.25) is 4.79 Å². The summed E-state index contributed by atoms with van der Waals surface area (Å²) in [6, 6.07) is 24.3. The molecule has 0 spiro atoms. The van der Waals surface area contributed by atoms with Crippen molar-refractivity contribution in [3.63, 3.8) is 0 Å². The highest BCUT2D eigenvalue weighted by molar-refractivity contribution is 5.98. The minimum atomic E-state index is -0.00876. The van der Waals surface area contributed by atoms with E-state index in [0.29, 0.717) is 17.2 Å². The van der Waals surface area contributed by atoms with E-state index in [1.807, 2.05) is 60.7 Å². The average molecular weight is 470 g/mol. The molecule has 3 saturated heterocycles. The fourth-order valence-corrected chi connectivity index (χ4v) is 6.21. The maximum atomic E-state index is 13.5. The van der Waals surface area contributed by atoms with E-state index < -0.39 is 0 Å². The number of piperidine rings is 3. The lowest BCUT2D eigenvalue weighted by Gasteiger charge is -2.52. The number of para-hydroxylation sites is 3. The second-order valence-electron chi connectivity index (χ2n) is 10.3. The maximum Gasteiger partial charge on any atom is 0.255 e. The van der Waals surface area contributed by atoms with Gasteiger partial charge in [-0.15, -0.1) is 0 Å². The second kappa shape index (κ2) is 9.38. The van der Waals surface area contributed by atoms with Crippen molar-refractivity contribution in [1.82, 2.24) is 5.32 Å². The molecule has 3 aromatic rings. The molecule has 1 amide bonds. The maximum absolute atomic E-state index is 13.5. The van der Waals surface area contributed by atoms with Gasteiger partial charge < -0.3 is 19.3 Å². The molecule has 0 saturated carbocycles. The third-order valence-corrected chi connectivity index (χ3v) is 8.11. The number of benzene rings is 3. The first-order valence-electron chi connectivity index (χ1n) is 12.9. The van der Waals surface area contributed by atoms with Crippen LogP contribution in [0.3, 0.4) is 0 Å². The van der Waals surface area contributed by atoms with E-state index in [9.17, 15) is 4.79 Å². The highest BCUT2D eigenvalue weighted by Gasteiger charge is 2.46. The summed E-state index contributed by atoms with van der Waals surface area (Å²) in [5, 5.41) is 3.42. The van der Waals surface area contributed by atoms with Crippen LogP contribution in [-0.4, -0.2) is 49.2 Å². The Kier molecular flexibility index (Phi) is 5.95. The molecule has 5 nitrogen and oxygen atoms in total. The number of nitrogens with zero attached hydrogens (tertiary/aromatic N) is 1. The average Bonchev–Trinajstić information content (AvgIpc) is 2.91. The van der Waals surface area contributed by atoms with Gasteiger partial charge in [0.15, 0.2) is 0 Å². The zero-order valence-corrected chi connectivity index (χ0v) is 20.1. The molecular formula is C30H33N2O3+. The first-order chi connectivity index (χ1) is 17.2. The van der Waals surface area contributed by atoms with Gasteiger partial charge in [0, 0.05) is 31.2 Å². The molecule has 2 bridgehead atoms. The summed E-state index contributed by atoms with van der Waals surface area (Å²) in [7, 11) is 0. The second-order valence-corrected chi connectivity index (χ2v) is 10.3. The van der Waals surface area contributed by atoms with E-state index >= 15 is 0 Å². The monoisotopic (exact) mass is 469 g/mol. The fraction of sp³-hybridized carbons (Fsp3) is 0.367. The third-order valence-electron chi connectivity index (χ3n) is 8.11. The normalized spacial score (nSPS) is 24.1. The molecule has 1 N–H and O–H groups in total. The molecule has 35 heavy (non-hydrogen) atoms. The summed E-state index contributed by atoms with van der Waals surface area (Å²) in [6.07, 6.45) is 4.19. The Balaban J connectivity index is 1.10. The van der Waals surface area contributed by atoms with Crippen LogP contribution < -0.4 is 14.8 Å². The third kappa shape index (κ3) is 4.53. The minimum absolute atomic E-state index is 0.00876. The zero-order valence-electron chi connectivity index (χ0n) is 20.1. The molecule has 7 rings (SSSR count). The fourth-order valence-electron chi connectivity index (χ4n) is 6.21. The van der Waals surface area contributed by atoms with Crippen LogP contribution in [0.4, 0.5) is 0 Å². The molecular weight excluding hydrogens is 436 g/mol. The highest BCUT2D eigenvalue weighted by Crippen LogP contribution is 2.39. The first kappa shape index (κ1) is 22.2. The molecule has 3 fully saturated rings. The van der Waals surface area contributed by atoms with E-state index in [0.717, 1.165) is 59.6 Å². The van der Waals surface area contributed by atoms with Gasteiger partial charge in [-0.25, -0.2) is 0 Å². The Labute approximate surface area is 207 Å². The van der Waals surface area contributed by atoms with E-state index in [1.165, 1.54) is 25.9 Å². The van der Waals surface area contributed by atoms with Crippen molar-refractivity contribution in [3.05, 3.63) is 89.5 Å². The van der Waals surface area contributed by atoms with Crippen molar-refractivity contribution in [2.24, 2.45) is 5.92 Å². The van der Waals surface area contributed by atoms with E-state index in [-0.39, 0.29) is 11.9 Å². The molecule has 4 heterocycles. The zero-order chi connectivity index (χ0) is 23.7. The van der Waals surface area contributed by atoms with E-state index in [2.05, 4.69) is 17.4 Å². The molecule has 0 aliphatic carbocycles. The topological polar surface area (TPSA) is 47.6 Å². The van der Waals surface area contributed by atoms with Crippen LogP contribution in [0.5, 0.6) is 17.2 Å². The van der Waals surface area contributed by atoms with Gasteiger partial charge in [0.25, 0.3) is 5.91 Å². The SMILES string of the molecule is O=C(N[C@H]1C[N+]2(CCCOc3ccccc3)CCC1CC2)c1cccc2c1Oc1ccccc1C2. The number of hydrogen-bond donors (Lipinski definition) is 1.